The molecular formula is C31H29Cl3N6O3S2. The van der Waals surface area contributed by atoms with E-state index >= 15 is 0 Å². The summed E-state index contributed by atoms with van der Waals surface area (Å²) >= 11 is 20.4. The van der Waals surface area contributed by atoms with Gasteiger partial charge in [-0.15, -0.1) is 15.8 Å². The van der Waals surface area contributed by atoms with E-state index in [9.17, 15) is 13.2 Å². The number of amides is 1. The molecule has 1 N–H and O–H groups in total. The smallest absolute Gasteiger partial charge is 0.283 e. The van der Waals surface area contributed by atoms with Crippen LogP contribution < -0.4 is 5.43 Å². The number of carbonyl (C=O) groups excluding carboxylic acids is 1. The summed E-state index contributed by atoms with van der Waals surface area (Å²) in [5.41, 5.74) is 5.44. The zero-order valence-corrected chi connectivity index (χ0v) is 28.0. The Morgan fingerprint density at radius 2 is 1.64 bits per heavy atom. The zero-order chi connectivity index (χ0) is 31.5. The average molecular weight is 704 g/mol. The number of aromatic nitrogens is 2. The van der Waals surface area contributed by atoms with Crippen molar-refractivity contribution in [1.82, 2.24) is 29.6 Å². The van der Waals surface area contributed by atoms with Crippen LogP contribution in [0.4, 0.5) is 0 Å². The van der Waals surface area contributed by atoms with Crippen LogP contribution in [0.5, 0.6) is 0 Å². The molecule has 0 radical (unpaired) electrons. The molecule has 234 valence electrons. The minimum Gasteiger partial charge on any atom is -0.283 e. The van der Waals surface area contributed by atoms with E-state index in [2.05, 4.69) is 17.3 Å². The fourth-order valence-corrected chi connectivity index (χ4v) is 7.37. The first-order valence-corrected chi connectivity index (χ1v) is 17.5. The lowest BCUT2D eigenvalue weighted by molar-refractivity contribution is -0.00257. The Balaban J connectivity index is 1.49. The van der Waals surface area contributed by atoms with E-state index < -0.39 is 16.8 Å². The molecule has 0 unspecified atom stereocenters. The van der Waals surface area contributed by atoms with Gasteiger partial charge in [-0.3, -0.25) is 10.2 Å². The highest BCUT2D eigenvalue weighted by atomic mass is 35.5. The fourth-order valence-electron chi connectivity index (χ4n) is 5.20. The number of nitrogens with one attached hydrogen (secondary N) is 1. The van der Waals surface area contributed by atoms with Gasteiger partial charge in [-0.2, -0.15) is 5.10 Å². The Labute approximate surface area is 282 Å². The molecule has 9 nitrogen and oxygen atoms in total. The maximum absolute atomic E-state index is 13.9. The van der Waals surface area contributed by atoms with E-state index in [1.165, 1.54) is 15.8 Å². The molecule has 4 heterocycles. The summed E-state index contributed by atoms with van der Waals surface area (Å²) in [6.45, 7) is 2.59. The summed E-state index contributed by atoms with van der Waals surface area (Å²) in [7, 11) is -2.99. The highest BCUT2D eigenvalue weighted by Gasteiger charge is 2.32. The summed E-state index contributed by atoms with van der Waals surface area (Å²) < 4.78 is 27.9. The fraction of sp³-hybridized carbons (Fsp3) is 0.290. The van der Waals surface area contributed by atoms with Crippen molar-refractivity contribution in [1.29, 1.82) is 0 Å². The van der Waals surface area contributed by atoms with Crippen LogP contribution in [0.2, 0.25) is 15.1 Å². The van der Waals surface area contributed by atoms with Gasteiger partial charge in [-0.05, 0) is 73.9 Å². The Bertz CT molecular complexity index is 1840. The van der Waals surface area contributed by atoms with Gasteiger partial charge in [0.05, 0.1) is 32.7 Å². The van der Waals surface area contributed by atoms with E-state index in [1.807, 2.05) is 29.3 Å². The quantitative estimate of drug-likeness (QED) is 0.172. The second-order valence-electron chi connectivity index (χ2n) is 10.7. The van der Waals surface area contributed by atoms with Crippen LogP contribution in [-0.4, -0.2) is 64.7 Å². The van der Waals surface area contributed by atoms with Gasteiger partial charge in [0, 0.05) is 47.4 Å². The number of halogens is 3. The molecule has 2 fully saturated rings. The van der Waals surface area contributed by atoms with Crippen LogP contribution in [0.3, 0.4) is 0 Å². The molecule has 2 saturated heterocycles. The zero-order valence-electron chi connectivity index (χ0n) is 24.0. The molecule has 0 aliphatic carbocycles. The second-order valence-corrected chi connectivity index (χ2v) is 14.0. The Morgan fingerprint density at radius 3 is 2.31 bits per heavy atom. The lowest BCUT2D eigenvalue weighted by atomic mass is 10.1. The van der Waals surface area contributed by atoms with Crippen LogP contribution in [0.1, 0.15) is 52.2 Å². The number of hydrazine groups is 2. The highest BCUT2D eigenvalue weighted by Crippen LogP contribution is 2.37. The molecular weight excluding hydrogens is 675 g/mol. The lowest BCUT2D eigenvalue weighted by Gasteiger charge is -2.37. The van der Waals surface area contributed by atoms with Gasteiger partial charge < -0.3 is 0 Å². The SMILES string of the molecule is O=C(NN1CCCCC1)c1nn(-c2ccc(Cl)cc2Cl)c(-c2ccc(C#Cc3ccc(Cl)cc3)s2)c1CN(N1CCC1)[SH](=O)=O. The van der Waals surface area contributed by atoms with E-state index in [1.54, 1.807) is 40.0 Å². The molecule has 0 spiro atoms. The topological polar surface area (TPSA) is 90.8 Å². The maximum Gasteiger partial charge on any atom is 0.286 e. The molecule has 2 aromatic heterocycles. The molecule has 0 bridgehead atoms. The van der Waals surface area contributed by atoms with Crippen LogP contribution in [0.15, 0.2) is 54.6 Å². The third-order valence-electron chi connectivity index (χ3n) is 7.61. The molecule has 0 atom stereocenters. The van der Waals surface area contributed by atoms with Crippen molar-refractivity contribution in [2.75, 3.05) is 26.2 Å². The number of carbonyl (C=O) groups is 1. The number of piperidine rings is 1. The first-order chi connectivity index (χ1) is 21.8. The lowest BCUT2D eigenvalue weighted by Crippen LogP contribution is -2.49. The number of nitrogens with zero attached hydrogens (tertiary/aromatic N) is 5. The Morgan fingerprint density at radius 1 is 0.911 bits per heavy atom. The molecule has 45 heavy (non-hydrogen) atoms. The van der Waals surface area contributed by atoms with Gasteiger partial charge in [-0.1, -0.05) is 53.1 Å². The van der Waals surface area contributed by atoms with Crippen LogP contribution in [-0.2, 0) is 17.4 Å². The van der Waals surface area contributed by atoms with Crippen molar-refractivity contribution >= 4 is 62.9 Å². The number of hydrogen-bond acceptors (Lipinski definition) is 7. The largest absolute Gasteiger partial charge is 0.286 e. The normalized spacial score (nSPS) is 15.6. The predicted molar refractivity (Wildman–Crippen MR) is 179 cm³/mol. The van der Waals surface area contributed by atoms with Crippen LogP contribution >= 0.6 is 46.1 Å². The molecule has 6 rings (SSSR count). The van der Waals surface area contributed by atoms with Crippen molar-refractivity contribution < 1.29 is 13.2 Å². The predicted octanol–water partition coefficient (Wildman–Crippen LogP) is 6.04. The minimum atomic E-state index is -2.99. The maximum atomic E-state index is 13.9. The van der Waals surface area contributed by atoms with Crippen molar-refractivity contribution in [2.24, 2.45) is 0 Å². The van der Waals surface area contributed by atoms with E-state index in [0.29, 0.717) is 45.1 Å². The summed E-state index contributed by atoms with van der Waals surface area (Å²) in [5, 5.41) is 9.86. The number of hydrogen-bond donors (Lipinski definition) is 2. The summed E-state index contributed by atoms with van der Waals surface area (Å²) in [4.78, 5) is 15.4. The second kappa shape index (κ2) is 14.2. The standard InChI is InChI=1S/C31H29Cl3N6O3S2/c32-22-8-5-21(6-9-22)7-11-24-12-14-28(44-24)30-25(20-39(45(42)43)38-17-4-18-38)29(31(41)36-37-15-2-1-3-16-37)35-40(30)27-13-10-23(33)19-26(27)34/h5-6,8-10,12-14,19,45H,1-4,15-18,20H2,(H,36,41). The summed E-state index contributed by atoms with van der Waals surface area (Å²) in [5.74, 6) is 5.94. The molecule has 2 aliphatic heterocycles. The van der Waals surface area contributed by atoms with Crippen LogP contribution in [0, 0.1) is 11.8 Å². The number of thiophene rings is 1. The molecule has 2 aliphatic rings. The third kappa shape index (κ3) is 7.40. The highest BCUT2D eigenvalue weighted by molar-refractivity contribution is 7.69. The van der Waals surface area contributed by atoms with Crippen molar-refractivity contribution in [3.63, 3.8) is 0 Å². The number of rotatable bonds is 8. The Kier molecular flexibility index (Phi) is 10.1. The van der Waals surface area contributed by atoms with E-state index in [-0.39, 0.29) is 12.2 Å². The summed E-state index contributed by atoms with van der Waals surface area (Å²) in [6, 6.07) is 16.1. The molecule has 14 heteroatoms. The monoisotopic (exact) mass is 702 g/mol. The van der Waals surface area contributed by atoms with Crippen molar-refractivity contribution in [3.8, 4) is 28.1 Å². The van der Waals surface area contributed by atoms with Gasteiger partial charge in [0.15, 0.2) is 5.69 Å². The van der Waals surface area contributed by atoms with Gasteiger partial charge in [0.2, 0.25) is 10.9 Å². The van der Waals surface area contributed by atoms with Crippen LogP contribution in [0.25, 0.3) is 16.3 Å². The van der Waals surface area contributed by atoms with Crippen molar-refractivity contribution in [2.45, 2.75) is 32.2 Å². The molecule has 0 saturated carbocycles. The van der Waals surface area contributed by atoms with Gasteiger partial charge in [-0.25, -0.2) is 23.1 Å². The van der Waals surface area contributed by atoms with Crippen molar-refractivity contribution in [3.05, 3.63) is 91.4 Å². The Hall–Kier alpha value is -2.92. The van der Waals surface area contributed by atoms with E-state index in [4.69, 9.17) is 39.9 Å². The first kappa shape index (κ1) is 32.0. The van der Waals surface area contributed by atoms with E-state index in [0.717, 1.165) is 54.1 Å². The number of benzene rings is 2. The molecule has 4 aromatic rings. The van der Waals surface area contributed by atoms with Gasteiger partial charge in [0.1, 0.15) is 0 Å². The minimum absolute atomic E-state index is 0.0777. The van der Waals surface area contributed by atoms with Gasteiger partial charge >= 0.3 is 0 Å². The first-order valence-electron chi connectivity index (χ1n) is 14.4. The average Bonchev–Trinajstić information content (AvgIpc) is 3.61. The van der Waals surface area contributed by atoms with Gasteiger partial charge in [0.25, 0.3) is 5.91 Å². The molecule has 1 amide bonds. The number of thiol groups is 1. The summed E-state index contributed by atoms with van der Waals surface area (Å²) in [6.07, 6.45) is 3.94. The molecule has 2 aromatic carbocycles. The third-order valence-corrected chi connectivity index (χ3v) is 10.2.